The van der Waals surface area contributed by atoms with Gasteiger partial charge in [0.2, 0.25) is 0 Å². The lowest BCUT2D eigenvalue weighted by Gasteiger charge is -2.18. The van der Waals surface area contributed by atoms with E-state index in [-0.39, 0.29) is 12.3 Å². The van der Waals surface area contributed by atoms with E-state index >= 15 is 0 Å². The third-order valence-corrected chi connectivity index (χ3v) is 2.79. The van der Waals surface area contributed by atoms with Crippen molar-refractivity contribution in [3.8, 4) is 5.75 Å². The Morgan fingerprint density at radius 3 is 2.61 bits per heavy atom. The summed E-state index contributed by atoms with van der Waals surface area (Å²) in [4.78, 5) is 10.9. The number of carboxylic acids is 1. The van der Waals surface area contributed by atoms with Crippen LogP contribution in [-0.4, -0.2) is 17.7 Å². The lowest BCUT2D eigenvalue weighted by molar-refractivity contribution is -0.136. The normalized spacial score (nSPS) is 10.7. The van der Waals surface area contributed by atoms with Gasteiger partial charge in [-0.3, -0.25) is 4.79 Å². The van der Waals surface area contributed by atoms with E-state index in [1.165, 1.54) is 0 Å². The summed E-state index contributed by atoms with van der Waals surface area (Å²) in [5, 5.41) is 9.49. The zero-order chi connectivity index (χ0) is 13.7. The Balaban J connectivity index is 3.23. The van der Waals surface area contributed by atoms with Crippen LogP contribution >= 0.6 is 11.6 Å². The Morgan fingerprint density at radius 2 is 2.11 bits per heavy atom. The fourth-order valence-electron chi connectivity index (χ4n) is 1.78. The van der Waals surface area contributed by atoms with Crippen molar-refractivity contribution in [1.29, 1.82) is 0 Å². The second kappa shape index (κ2) is 6.64. The molecule has 0 aliphatic heterocycles. The first kappa shape index (κ1) is 14.8. The van der Waals surface area contributed by atoms with Gasteiger partial charge in [-0.2, -0.15) is 0 Å². The van der Waals surface area contributed by atoms with Crippen LogP contribution in [0, 0.1) is 0 Å². The largest absolute Gasteiger partial charge is 0.493 e. The van der Waals surface area contributed by atoms with Gasteiger partial charge < -0.3 is 9.84 Å². The number of carboxylic acid groups (broad SMARTS) is 1. The summed E-state index contributed by atoms with van der Waals surface area (Å²) in [7, 11) is 0. The number of hydrogen-bond donors (Lipinski definition) is 1. The molecule has 0 aromatic heterocycles. The molecule has 0 atom stereocenters. The number of aliphatic carboxylic acids is 1. The summed E-state index contributed by atoms with van der Waals surface area (Å²) in [6.45, 7) is 6.67. The molecule has 100 valence electrons. The van der Waals surface area contributed by atoms with E-state index in [0.717, 1.165) is 12.0 Å². The smallest absolute Gasteiger partial charge is 0.307 e. The molecule has 0 spiro atoms. The van der Waals surface area contributed by atoms with Crippen molar-refractivity contribution in [2.45, 2.75) is 39.5 Å². The lowest BCUT2D eigenvalue weighted by atomic mass is 9.97. The van der Waals surface area contributed by atoms with E-state index in [2.05, 4.69) is 0 Å². The molecule has 1 N–H and O–H groups in total. The highest BCUT2D eigenvalue weighted by atomic mass is 35.5. The quantitative estimate of drug-likeness (QED) is 0.853. The minimum absolute atomic E-state index is 0.0701. The first-order chi connectivity index (χ1) is 8.45. The van der Waals surface area contributed by atoms with E-state index in [9.17, 15) is 4.79 Å². The molecule has 0 heterocycles. The predicted molar refractivity (Wildman–Crippen MR) is 72.7 cm³/mol. The fourth-order valence-corrected chi connectivity index (χ4v) is 2.03. The van der Waals surface area contributed by atoms with Crippen molar-refractivity contribution in [1.82, 2.24) is 0 Å². The van der Waals surface area contributed by atoms with Gasteiger partial charge in [0.05, 0.1) is 13.0 Å². The zero-order valence-corrected chi connectivity index (χ0v) is 11.8. The molecular weight excluding hydrogens is 252 g/mol. The minimum Gasteiger partial charge on any atom is -0.493 e. The van der Waals surface area contributed by atoms with E-state index in [0.29, 0.717) is 22.9 Å². The number of benzene rings is 1. The van der Waals surface area contributed by atoms with E-state index in [4.69, 9.17) is 21.4 Å². The maximum absolute atomic E-state index is 10.9. The highest BCUT2D eigenvalue weighted by Gasteiger charge is 2.16. The predicted octanol–water partition coefficient (Wildman–Crippen LogP) is 3.88. The molecule has 1 rings (SSSR count). The number of rotatable bonds is 6. The molecule has 0 aliphatic rings. The molecule has 0 saturated heterocycles. The van der Waals surface area contributed by atoms with Crippen molar-refractivity contribution in [3.05, 3.63) is 28.3 Å². The number of carbonyl (C=O) groups is 1. The Hall–Kier alpha value is -1.22. The standard InChI is InChI=1S/C14H19ClO3/c1-4-5-18-14-10(7-13(16)17)6-11(15)8-12(14)9(2)3/h6,8-9H,4-5,7H2,1-3H3,(H,16,17). The van der Waals surface area contributed by atoms with E-state index < -0.39 is 5.97 Å². The van der Waals surface area contributed by atoms with Crippen molar-refractivity contribution >= 4 is 17.6 Å². The minimum atomic E-state index is -0.881. The van der Waals surface area contributed by atoms with Crippen molar-refractivity contribution in [2.75, 3.05) is 6.61 Å². The number of halogens is 1. The molecule has 0 unspecified atom stereocenters. The number of ether oxygens (including phenoxy) is 1. The second-order valence-corrected chi connectivity index (χ2v) is 4.99. The number of hydrogen-bond acceptors (Lipinski definition) is 2. The van der Waals surface area contributed by atoms with Crippen LogP contribution in [0.25, 0.3) is 0 Å². The molecule has 1 aromatic rings. The van der Waals surface area contributed by atoms with Gasteiger partial charge in [-0.05, 0) is 30.0 Å². The monoisotopic (exact) mass is 270 g/mol. The molecule has 0 saturated carbocycles. The van der Waals surface area contributed by atoms with Crippen molar-refractivity contribution < 1.29 is 14.6 Å². The molecule has 4 heteroatoms. The summed E-state index contributed by atoms with van der Waals surface area (Å²) in [6, 6.07) is 3.52. The van der Waals surface area contributed by atoms with Gasteiger partial charge >= 0.3 is 5.97 Å². The summed E-state index contributed by atoms with van der Waals surface area (Å²) in [5.41, 5.74) is 1.61. The summed E-state index contributed by atoms with van der Waals surface area (Å²) in [5.74, 6) is 0.0371. The van der Waals surface area contributed by atoms with Gasteiger partial charge in [0.25, 0.3) is 0 Å². The van der Waals surface area contributed by atoms with Gasteiger partial charge in [-0.15, -0.1) is 0 Å². The third kappa shape index (κ3) is 3.91. The molecule has 0 bridgehead atoms. The van der Waals surface area contributed by atoms with Crippen LogP contribution in [-0.2, 0) is 11.2 Å². The second-order valence-electron chi connectivity index (χ2n) is 4.56. The average Bonchev–Trinajstić information content (AvgIpc) is 2.26. The van der Waals surface area contributed by atoms with Crippen LogP contribution in [0.15, 0.2) is 12.1 Å². The van der Waals surface area contributed by atoms with E-state index in [1.807, 2.05) is 26.8 Å². The van der Waals surface area contributed by atoms with Gasteiger partial charge in [0.15, 0.2) is 0 Å². The van der Waals surface area contributed by atoms with Crippen LogP contribution in [0.2, 0.25) is 5.02 Å². The van der Waals surface area contributed by atoms with Crippen LogP contribution < -0.4 is 4.74 Å². The Morgan fingerprint density at radius 1 is 1.44 bits per heavy atom. The van der Waals surface area contributed by atoms with Crippen LogP contribution in [0.1, 0.15) is 44.2 Å². The topological polar surface area (TPSA) is 46.5 Å². The summed E-state index contributed by atoms with van der Waals surface area (Å²) < 4.78 is 5.71. The van der Waals surface area contributed by atoms with Crippen LogP contribution in [0.3, 0.4) is 0 Å². The Labute approximate surface area is 113 Å². The van der Waals surface area contributed by atoms with Gasteiger partial charge in [0.1, 0.15) is 5.75 Å². The fraction of sp³-hybridized carbons (Fsp3) is 0.500. The highest BCUT2D eigenvalue weighted by Crippen LogP contribution is 2.34. The molecule has 0 radical (unpaired) electrons. The summed E-state index contributed by atoms with van der Waals surface area (Å²) in [6.07, 6.45) is 0.812. The van der Waals surface area contributed by atoms with Crippen molar-refractivity contribution in [2.24, 2.45) is 0 Å². The van der Waals surface area contributed by atoms with Crippen LogP contribution in [0.4, 0.5) is 0 Å². The van der Waals surface area contributed by atoms with E-state index in [1.54, 1.807) is 6.07 Å². The lowest BCUT2D eigenvalue weighted by Crippen LogP contribution is -2.08. The molecule has 0 fully saturated rings. The summed E-state index contributed by atoms with van der Waals surface area (Å²) >= 11 is 6.04. The van der Waals surface area contributed by atoms with Crippen LogP contribution in [0.5, 0.6) is 5.75 Å². The first-order valence-corrected chi connectivity index (χ1v) is 6.50. The third-order valence-electron chi connectivity index (χ3n) is 2.57. The molecule has 0 amide bonds. The maximum Gasteiger partial charge on any atom is 0.307 e. The molecular formula is C14H19ClO3. The molecule has 0 aliphatic carbocycles. The molecule has 1 aromatic carbocycles. The highest BCUT2D eigenvalue weighted by molar-refractivity contribution is 6.30. The Kier molecular flexibility index (Phi) is 5.48. The first-order valence-electron chi connectivity index (χ1n) is 6.12. The molecule has 18 heavy (non-hydrogen) atoms. The molecule has 3 nitrogen and oxygen atoms in total. The zero-order valence-electron chi connectivity index (χ0n) is 11.0. The Bertz CT molecular complexity index is 427. The van der Waals surface area contributed by atoms with Crippen molar-refractivity contribution in [3.63, 3.8) is 0 Å². The van der Waals surface area contributed by atoms with Gasteiger partial charge in [0, 0.05) is 10.6 Å². The average molecular weight is 271 g/mol. The van der Waals surface area contributed by atoms with Gasteiger partial charge in [-0.25, -0.2) is 0 Å². The SMILES string of the molecule is CCCOc1c(CC(=O)O)cc(Cl)cc1C(C)C. The van der Waals surface area contributed by atoms with Gasteiger partial charge in [-0.1, -0.05) is 32.4 Å². The maximum atomic E-state index is 10.9.